The number of hydrogen-bond acceptors (Lipinski definition) is 4. The lowest BCUT2D eigenvalue weighted by Gasteiger charge is -2.29. The van der Waals surface area contributed by atoms with Gasteiger partial charge in [-0.2, -0.15) is 0 Å². The van der Waals surface area contributed by atoms with E-state index < -0.39 is 17.3 Å². The normalized spacial score (nSPS) is 22.2. The van der Waals surface area contributed by atoms with Gasteiger partial charge in [0.05, 0.1) is 5.41 Å². The van der Waals surface area contributed by atoms with Crippen LogP contribution >= 0.6 is 0 Å². The van der Waals surface area contributed by atoms with Crippen LogP contribution in [0.1, 0.15) is 30.6 Å². The lowest BCUT2D eigenvalue weighted by molar-refractivity contribution is -0.150. The van der Waals surface area contributed by atoms with Crippen LogP contribution in [0.3, 0.4) is 0 Å². The summed E-state index contributed by atoms with van der Waals surface area (Å²) < 4.78 is 0. The number of primary amides is 1. The van der Waals surface area contributed by atoms with Gasteiger partial charge in [0.1, 0.15) is 5.82 Å². The van der Waals surface area contributed by atoms with E-state index in [9.17, 15) is 14.7 Å². The topological polar surface area (TPSA) is 96.5 Å². The Bertz CT molecular complexity index is 544. The summed E-state index contributed by atoms with van der Waals surface area (Å²) in [5, 5.41) is 9.52. The van der Waals surface area contributed by atoms with Gasteiger partial charge in [-0.1, -0.05) is 13.8 Å². The summed E-state index contributed by atoms with van der Waals surface area (Å²) in [6.07, 6.45) is 2.09. The second-order valence-corrected chi connectivity index (χ2v) is 5.55. The van der Waals surface area contributed by atoms with E-state index in [1.54, 1.807) is 12.1 Å². The molecule has 3 N–H and O–H groups in total. The van der Waals surface area contributed by atoms with Crippen LogP contribution in [0.25, 0.3) is 0 Å². The summed E-state index contributed by atoms with van der Waals surface area (Å²) in [5.74, 6) is -0.656. The Labute approximate surface area is 117 Å². The van der Waals surface area contributed by atoms with Gasteiger partial charge in [0.25, 0.3) is 0 Å². The van der Waals surface area contributed by atoms with E-state index in [4.69, 9.17) is 5.73 Å². The Kier molecular flexibility index (Phi) is 3.65. The zero-order chi connectivity index (χ0) is 14.9. The van der Waals surface area contributed by atoms with Crippen LogP contribution < -0.4 is 10.6 Å². The molecule has 1 aromatic rings. The predicted molar refractivity (Wildman–Crippen MR) is 74.5 cm³/mol. The number of carbonyl (C=O) groups excluding carboxylic acids is 1. The van der Waals surface area contributed by atoms with Gasteiger partial charge in [-0.05, 0) is 24.5 Å². The Hall–Kier alpha value is -2.11. The highest BCUT2D eigenvalue weighted by Gasteiger charge is 2.47. The Morgan fingerprint density at radius 1 is 1.50 bits per heavy atom. The molecule has 1 atom stereocenters. The lowest BCUT2D eigenvalue weighted by atomic mass is 9.76. The lowest BCUT2D eigenvalue weighted by Crippen LogP contribution is -2.39. The first-order chi connectivity index (χ1) is 9.36. The van der Waals surface area contributed by atoms with E-state index >= 15 is 0 Å². The molecule has 108 valence electrons. The van der Waals surface area contributed by atoms with Gasteiger partial charge in [0.2, 0.25) is 5.91 Å². The molecule has 1 fully saturated rings. The minimum Gasteiger partial charge on any atom is -0.481 e. The number of rotatable bonds is 4. The van der Waals surface area contributed by atoms with Crippen molar-refractivity contribution in [1.29, 1.82) is 0 Å². The number of amides is 1. The largest absolute Gasteiger partial charge is 0.481 e. The summed E-state index contributed by atoms with van der Waals surface area (Å²) in [6, 6.07) is 3.16. The molecule has 0 aliphatic carbocycles. The fourth-order valence-corrected chi connectivity index (χ4v) is 2.67. The number of aliphatic carboxylic acids is 1. The number of nitrogens with two attached hydrogens (primary N) is 1. The molecule has 0 saturated carbocycles. The third kappa shape index (κ3) is 2.33. The van der Waals surface area contributed by atoms with Gasteiger partial charge >= 0.3 is 5.97 Å². The molecule has 1 saturated heterocycles. The second-order valence-electron chi connectivity index (χ2n) is 5.55. The van der Waals surface area contributed by atoms with E-state index in [0.717, 1.165) is 0 Å². The van der Waals surface area contributed by atoms with Gasteiger partial charge in [0, 0.05) is 24.8 Å². The predicted octanol–water partition coefficient (Wildman–Crippen LogP) is 1.12. The van der Waals surface area contributed by atoms with E-state index in [0.29, 0.717) is 30.9 Å². The molecule has 1 aromatic heterocycles. The maximum atomic E-state index is 11.6. The molecule has 0 bridgehead atoms. The minimum atomic E-state index is -0.777. The summed E-state index contributed by atoms with van der Waals surface area (Å²) >= 11 is 0. The van der Waals surface area contributed by atoms with Crippen LogP contribution in [0.5, 0.6) is 0 Å². The van der Waals surface area contributed by atoms with Crippen LogP contribution in [-0.2, 0) is 4.79 Å². The minimum absolute atomic E-state index is 0.0318. The van der Waals surface area contributed by atoms with Crippen molar-refractivity contribution >= 4 is 17.7 Å². The average Bonchev–Trinajstić information content (AvgIpc) is 2.85. The number of pyridine rings is 1. The van der Waals surface area contributed by atoms with E-state index in [1.165, 1.54) is 6.20 Å². The highest BCUT2D eigenvalue weighted by Crippen LogP contribution is 2.39. The van der Waals surface area contributed by atoms with Crippen LogP contribution in [0.15, 0.2) is 18.3 Å². The third-order valence-electron chi connectivity index (χ3n) is 4.19. The maximum absolute atomic E-state index is 11.6. The average molecular weight is 277 g/mol. The van der Waals surface area contributed by atoms with Gasteiger partial charge in [-0.25, -0.2) is 4.98 Å². The molecule has 1 unspecified atom stereocenters. The molecular formula is C14H19N3O3. The molecule has 0 spiro atoms. The van der Waals surface area contributed by atoms with Crippen LogP contribution in [0.4, 0.5) is 5.82 Å². The van der Waals surface area contributed by atoms with Crippen molar-refractivity contribution in [3.63, 3.8) is 0 Å². The molecule has 6 heteroatoms. The zero-order valence-electron chi connectivity index (χ0n) is 11.7. The molecule has 0 radical (unpaired) electrons. The van der Waals surface area contributed by atoms with Crippen molar-refractivity contribution in [1.82, 2.24) is 4.98 Å². The number of carbonyl (C=O) groups is 2. The number of carboxylic acid groups (broad SMARTS) is 1. The molecule has 1 amide bonds. The molecule has 1 aliphatic heterocycles. The summed E-state index contributed by atoms with van der Waals surface area (Å²) in [5.41, 5.74) is 4.87. The number of anilines is 1. The molecule has 0 aromatic carbocycles. The van der Waals surface area contributed by atoms with E-state index in [1.807, 2.05) is 18.7 Å². The fraction of sp³-hybridized carbons (Fsp3) is 0.500. The molecule has 2 heterocycles. The second kappa shape index (κ2) is 5.11. The van der Waals surface area contributed by atoms with Gasteiger partial charge in [-0.15, -0.1) is 0 Å². The van der Waals surface area contributed by atoms with Crippen molar-refractivity contribution in [3.05, 3.63) is 23.9 Å². The quantitative estimate of drug-likeness (QED) is 0.859. The van der Waals surface area contributed by atoms with Crippen molar-refractivity contribution in [2.45, 2.75) is 20.3 Å². The van der Waals surface area contributed by atoms with Gasteiger partial charge in [0.15, 0.2) is 0 Å². The van der Waals surface area contributed by atoms with Crippen molar-refractivity contribution < 1.29 is 14.7 Å². The molecule has 2 rings (SSSR count). The Morgan fingerprint density at radius 2 is 2.20 bits per heavy atom. The molecule has 20 heavy (non-hydrogen) atoms. The smallest absolute Gasteiger partial charge is 0.311 e. The third-order valence-corrected chi connectivity index (χ3v) is 4.19. The fourth-order valence-electron chi connectivity index (χ4n) is 2.67. The van der Waals surface area contributed by atoms with Crippen LogP contribution in [0, 0.1) is 11.3 Å². The SMILES string of the molecule is CC(C)C1(C(=O)O)CCN(c2cc(C(N)=O)ccn2)C1. The first-order valence-electron chi connectivity index (χ1n) is 6.61. The first kappa shape index (κ1) is 14.3. The van der Waals surface area contributed by atoms with Crippen molar-refractivity contribution in [2.75, 3.05) is 18.0 Å². The number of carboxylic acids is 1. The van der Waals surface area contributed by atoms with Crippen LogP contribution in [-0.4, -0.2) is 35.1 Å². The highest BCUT2D eigenvalue weighted by atomic mass is 16.4. The van der Waals surface area contributed by atoms with Crippen LogP contribution in [0.2, 0.25) is 0 Å². The Balaban J connectivity index is 2.27. The highest BCUT2D eigenvalue weighted by molar-refractivity contribution is 5.93. The molecule has 1 aliphatic rings. The van der Waals surface area contributed by atoms with Gasteiger partial charge < -0.3 is 15.7 Å². The number of aromatic nitrogens is 1. The molecular weight excluding hydrogens is 258 g/mol. The van der Waals surface area contributed by atoms with Crippen molar-refractivity contribution in [2.24, 2.45) is 17.1 Å². The maximum Gasteiger partial charge on any atom is 0.311 e. The van der Waals surface area contributed by atoms with E-state index in [-0.39, 0.29) is 5.92 Å². The summed E-state index contributed by atoms with van der Waals surface area (Å²) in [7, 11) is 0. The molecule has 6 nitrogen and oxygen atoms in total. The number of hydrogen-bond donors (Lipinski definition) is 2. The van der Waals surface area contributed by atoms with Gasteiger partial charge in [-0.3, -0.25) is 9.59 Å². The first-order valence-corrected chi connectivity index (χ1v) is 6.61. The Morgan fingerprint density at radius 3 is 2.70 bits per heavy atom. The summed E-state index contributed by atoms with van der Waals surface area (Å²) in [6.45, 7) is 4.85. The standard InChI is InChI=1S/C14H19N3O3/c1-9(2)14(13(19)20)4-6-17(8-14)11-7-10(12(15)18)3-5-16-11/h3,5,7,9H,4,6,8H2,1-2H3,(H2,15,18)(H,19,20). The monoisotopic (exact) mass is 277 g/mol. The van der Waals surface area contributed by atoms with Crippen molar-refractivity contribution in [3.8, 4) is 0 Å². The number of nitrogens with zero attached hydrogens (tertiary/aromatic N) is 2. The summed E-state index contributed by atoms with van der Waals surface area (Å²) in [4.78, 5) is 28.9. The zero-order valence-corrected chi connectivity index (χ0v) is 11.7. The van der Waals surface area contributed by atoms with E-state index in [2.05, 4.69) is 4.98 Å².